The third-order valence-electron chi connectivity index (χ3n) is 1.34. The first-order valence-electron chi connectivity index (χ1n) is 3.41. The first-order valence-corrected chi connectivity index (χ1v) is 5.29. The standard InChI is InChI=1S/C9H7BrCl2/c10-5-1-2-7-3-4-8(11)9(12)6-7/h1-4,6H,5H2/b2-1+. The topological polar surface area (TPSA) is 0 Å². The van der Waals surface area contributed by atoms with Crippen LogP contribution in [-0.2, 0) is 0 Å². The average Bonchev–Trinajstić information content (AvgIpc) is 2.07. The van der Waals surface area contributed by atoms with Crippen LogP contribution in [-0.4, -0.2) is 5.33 Å². The fourth-order valence-electron chi connectivity index (χ4n) is 0.797. The molecule has 3 heteroatoms. The molecule has 0 aliphatic carbocycles. The summed E-state index contributed by atoms with van der Waals surface area (Å²) in [5, 5.41) is 2.02. The number of rotatable bonds is 2. The van der Waals surface area contributed by atoms with E-state index in [4.69, 9.17) is 23.2 Å². The Bertz CT molecular complexity index is 295. The number of hydrogen-bond donors (Lipinski definition) is 0. The molecule has 0 nitrogen and oxygen atoms in total. The molecule has 0 aliphatic rings. The van der Waals surface area contributed by atoms with E-state index < -0.39 is 0 Å². The van der Waals surface area contributed by atoms with Gasteiger partial charge in [-0.25, -0.2) is 0 Å². The van der Waals surface area contributed by atoms with Gasteiger partial charge >= 0.3 is 0 Å². The van der Waals surface area contributed by atoms with Crippen LogP contribution in [0.4, 0.5) is 0 Å². The Balaban J connectivity index is 2.89. The first kappa shape index (κ1) is 10.1. The Morgan fingerprint density at radius 1 is 1.25 bits per heavy atom. The molecule has 64 valence electrons. The van der Waals surface area contributed by atoms with E-state index in [2.05, 4.69) is 15.9 Å². The van der Waals surface area contributed by atoms with Gasteiger partial charge in [0.15, 0.2) is 0 Å². The van der Waals surface area contributed by atoms with Gasteiger partial charge in [-0.2, -0.15) is 0 Å². The van der Waals surface area contributed by atoms with Crippen LogP contribution >= 0.6 is 39.1 Å². The van der Waals surface area contributed by atoms with E-state index in [1.54, 1.807) is 6.07 Å². The van der Waals surface area contributed by atoms with Crippen molar-refractivity contribution >= 4 is 45.2 Å². The predicted octanol–water partition coefficient (Wildman–Crippen LogP) is 4.40. The quantitative estimate of drug-likeness (QED) is 0.696. The zero-order chi connectivity index (χ0) is 8.97. The molecule has 0 aliphatic heterocycles. The van der Waals surface area contributed by atoms with Crippen molar-refractivity contribution in [2.75, 3.05) is 5.33 Å². The van der Waals surface area contributed by atoms with Gasteiger partial charge in [-0.15, -0.1) is 0 Å². The van der Waals surface area contributed by atoms with Gasteiger partial charge in [-0.3, -0.25) is 0 Å². The summed E-state index contributed by atoms with van der Waals surface area (Å²) in [5.74, 6) is 0. The lowest BCUT2D eigenvalue weighted by molar-refractivity contribution is 1.65. The molecule has 0 fully saturated rings. The molecule has 0 amide bonds. The maximum Gasteiger partial charge on any atom is 0.0598 e. The Morgan fingerprint density at radius 3 is 2.58 bits per heavy atom. The normalized spacial score (nSPS) is 10.9. The largest absolute Gasteiger partial charge is 0.0883 e. The third kappa shape index (κ3) is 2.81. The summed E-state index contributed by atoms with van der Waals surface area (Å²) < 4.78 is 0. The van der Waals surface area contributed by atoms with Crippen molar-refractivity contribution in [1.29, 1.82) is 0 Å². The molecule has 0 aromatic heterocycles. The number of allylic oxidation sites excluding steroid dienone is 1. The van der Waals surface area contributed by atoms with Gasteiger partial charge in [0.2, 0.25) is 0 Å². The van der Waals surface area contributed by atoms with Crippen LogP contribution in [0, 0.1) is 0 Å². The second-order valence-corrected chi connectivity index (χ2v) is 3.69. The predicted molar refractivity (Wildman–Crippen MR) is 59.3 cm³/mol. The molecule has 1 aromatic carbocycles. The lowest BCUT2D eigenvalue weighted by atomic mass is 10.2. The number of alkyl halides is 1. The number of hydrogen-bond acceptors (Lipinski definition) is 0. The van der Waals surface area contributed by atoms with Crippen molar-refractivity contribution < 1.29 is 0 Å². The van der Waals surface area contributed by atoms with Crippen LogP contribution in [0.3, 0.4) is 0 Å². The molecule has 0 bridgehead atoms. The van der Waals surface area contributed by atoms with Crippen LogP contribution in [0.5, 0.6) is 0 Å². The van der Waals surface area contributed by atoms with Gasteiger partial charge in [0.25, 0.3) is 0 Å². The van der Waals surface area contributed by atoms with E-state index in [-0.39, 0.29) is 0 Å². The Labute approximate surface area is 90.3 Å². The molecule has 0 unspecified atom stereocenters. The fraction of sp³-hybridized carbons (Fsp3) is 0.111. The monoisotopic (exact) mass is 264 g/mol. The maximum absolute atomic E-state index is 5.82. The van der Waals surface area contributed by atoms with Gasteiger partial charge in [0.1, 0.15) is 0 Å². The van der Waals surface area contributed by atoms with E-state index in [1.165, 1.54) is 0 Å². The summed E-state index contributed by atoms with van der Waals surface area (Å²) in [4.78, 5) is 0. The van der Waals surface area contributed by atoms with Gasteiger partial charge in [0, 0.05) is 5.33 Å². The van der Waals surface area contributed by atoms with Gasteiger partial charge in [0.05, 0.1) is 10.0 Å². The first-order chi connectivity index (χ1) is 5.74. The molecule has 0 N–H and O–H groups in total. The average molecular weight is 266 g/mol. The zero-order valence-electron chi connectivity index (χ0n) is 6.23. The number of halogens is 3. The lowest BCUT2D eigenvalue weighted by Crippen LogP contribution is -1.73. The molecule has 0 radical (unpaired) electrons. The summed E-state index contributed by atoms with van der Waals surface area (Å²) in [5.41, 5.74) is 1.06. The van der Waals surface area contributed by atoms with E-state index in [9.17, 15) is 0 Å². The van der Waals surface area contributed by atoms with Crippen molar-refractivity contribution in [1.82, 2.24) is 0 Å². The van der Waals surface area contributed by atoms with Crippen LogP contribution in [0.15, 0.2) is 24.3 Å². The van der Waals surface area contributed by atoms with Crippen molar-refractivity contribution in [2.24, 2.45) is 0 Å². The minimum Gasteiger partial charge on any atom is -0.0883 e. The Morgan fingerprint density at radius 2 is 2.00 bits per heavy atom. The van der Waals surface area contributed by atoms with Crippen LogP contribution in [0.25, 0.3) is 6.08 Å². The Kier molecular flexibility index (Phi) is 4.13. The van der Waals surface area contributed by atoms with Crippen LogP contribution < -0.4 is 0 Å². The molecule has 0 saturated carbocycles. The molecule has 1 aromatic rings. The van der Waals surface area contributed by atoms with E-state index in [0.717, 1.165) is 10.9 Å². The summed E-state index contributed by atoms with van der Waals surface area (Å²) in [7, 11) is 0. The summed E-state index contributed by atoms with van der Waals surface area (Å²) >= 11 is 14.9. The SMILES string of the molecule is Clc1ccc(/C=C/CBr)cc1Cl. The van der Waals surface area contributed by atoms with E-state index in [1.807, 2.05) is 24.3 Å². The van der Waals surface area contributed by atoms with Crippen LogP contribution in [0.1, 0.15) is 5.56 Å². The van der Waals surface area contributed by atoms with Crippen molar-refractivity contribution in [2.45, 2.75) is 0 Å². The summed E-state index contributed by atoms with van der Waals surface area (Å²) in [6, 6.07) is 5.55. The molecule has 12 heavy (non-hydrogen) atoms. The zero-order valence-corrected chi connectivity index (χ0v) is 9.33. The molecule has 1 rings (SSSR count). The van der Waals surface area contributed by atoms with Gasteiger partial charge in [-0.1, -0.05) is 57.4 Å². The summed E-state index contributed by atoms with van der Waals surface area (Å²) in [6.45, 7) is 0. The highest BCUT2D eigenvalue weighted by Gasteiger charge is 1.95. The second-order valence-electron chi connectivity index (χ2n) is 2.23. The molecular formula is C9H7BrCl2. The summed E-state index contributed by atoms with van der Waals surface area (Å²) in [6.07, 6.45) is 3.98. The maximum atomic E-state index is 5.82. The molecular weight excluding hydrogens is 259 g/mol. The van der Waals surface area contributed by atoms with Crippen molar-refractivity contribution in [3.05, 3.63) is 39.9 Å². The van der Waals surface area contributed by atoms with E-state index >= 15 is 0 Å². The molecule has 0 spiro atoms. The minimum absolute atomic E-state index is 0.590. The molecule has 0 atom stereocenters. The highest BCUT2D eigenvalue weighted by Crippen LogP contribution is 2.22. The van der Waals surface area contributed by atoms with Gasteiger partial charge < -0.3 is 0 Å². The second kappa shape index (κ2) is 4.90. The molecule has 0 saturated heterocycles. The highest BCUT2D eigenvalue weighted by molar-refractivity contribution is 9.09. The van der Waals surface area contributed by atoms with Gasteiger partial charge in [-0.05, 0) is 17.7 Å². The smallest absolute Gasteiger partial charge is 0.0598 e. The fourth-order valence-corrected chi connectivity index (χ4v) is 1.29. The third-order valence-corrected chi connectivity index (χ3v) is 2.46. The minimum atomic E-state index is 0.590. The van der Waals surface area contributed by atoms with Crippen LogP contribution in [0.2, 0.25) is 10.0 Å². The van der Waals surface area contributed by atoms with Crippen molar-refractivity contribution in [3.63, 3.8) is 0 Å². The van der Waals surface area contributed by atoms with E-state index in [0.29, 0.717) is 10.0 Å². The number of benzene rings is 1. The Hall–Kier alpha value is 0.0200. The molecule has 0 heterocycles. The van der Waals surface area contributed by atoms with Crippen molar-refractivity contribution in [3.8, 4) is 0 Å². The lowest BCUT2D eigenvalue weighted by Gasteiger charge is -1.96. The highest BCUT2D eigenvalue weighted by atomic mass is 79.9.